The van der Waals surface area contributed by atoms with E-state index in [4.69, 9.17) is 5.73 Å². The Kier molecular flexibility index (Phi) is 5.39. The zero-order valence-corrected chi connectivity index (χ0v) is 12.0. The van der Waals surface area contributed by atoms with Crippen molar-refractivity contribution in [3.05, 3.63) is 34.9 Å². The highest BCUT2D eigenvalue weighted by atomic mass is 19.2. The van der Waals surface area contributed by atoms with Gasteiger partial charge in [-0.3, -0.25) is 4.79 Å². The number of hydrogen-bond donors (Lipinski definition) is 2. The summed E-state index contributed by atoms with van der Waals surface area (Å²) in [6.07, 6.45) is 4.79. The molecule has 0 heterocycles. The van der Waals surface area contributed by atoms with E-state index < -0.39 is 40.8 Å². The minimum absolute atomic E-state index is 0.0724. The van der Waals surface area contributed by atoms with Crippen LogP contribution in [0.4, 0.5) is 17.6 Å². The van der Waals surface area contributed by atoms with Crippen molar-refractivity contribution in [2.24, 2.45) is 11.7 Å². The Labute approximate surface area is 125 Å². The molecule has 1 atom stereocenters. The van der Waals surface area contributed by atoms with Gasteiger partial charge in [-0.15, -0.1) is 0 Å². The first-order chi connectivity index (χ1) is 10.5. The molecule has 7 heteroatoms. The van der Waals surface area contributed by atoms with Crippen molar-refractivity contribution in [2.45, 2.75) is 38.1 Å². The van der Waals surface area contributed by atoms with Gasteiger partial charge in [-0.1, -0.05) is 19.3 Å². The Bertz CT molecular complexity index is 533. The van der Waals surface area contributed by atoms with Crippen molar-refractivity contribution >= 4 is 5.91 Å². The van der Waals surface area contributed by atoms with Crippen LogP contribution < -0.4 is 11.1 Å². The Morgan fingerprint density at radius 3 is 2.18 bits per heavy atom. The minimum Gasteiger partial charge on any atom is -0.348 e. The van der Waals surface area contributed by atoms with E-state index in [9.17, 15) is 22.4 Å². The van der Waals surface area contributed by atoms with E-state index in [2.05, 4.69) is 5.32 Å². The van der Waals surface area contributed by atoms with Gasteiger partial charge in [0, 0.05) is 18.7 Å². The summed E-state index contributed by atoms with van der Waals surface area (Å²) in [4.78, 5) is 12.0. The smallest absolute Gasteiger partial charge is 0.257 e. The lowest BCUT2D eigenvalue weighted by molar-refractivity contribution is 0.0904. The molecule has 0 bridgehead atoms. The molecule has 1 aliphatic rings. The predicted octanol–water partition coefficient (Wildman–Crippen LogP) is 2.88. The second kappa shape index (κ2) is 7.09. The molecule has 0 spiro atoms. The molecule has 2 rings (SSSR count). The molecule has 3 nitrogen and oxygen atoms in total. The Hall–Kier alpha value is -1.63. The molecular weight excluding hydrogens is 300 g/mol. The molecule has 1 aromatic rings. The van der Waals surface area contributed by atoms with Crippen LogP contribution in [0.3, 0.4) is 0 Å². The molecule has 22 heavy (non-hydrogen) atoms. The number of amides is 1. The SMILES string of the molecule is NCC(NC(=O)c1c(F)c(F)cc(F)c1F)C1CCCCC1. The number of hydrogen-bond acceptors (Lipinski definition) is 2. The number of halogens is 4. The summed E-state index contributed by atoms with van der Waals surface area (Å²) in [7, 11) is 0. The van der Waals surface area contributed by atoms with Crippen LogP contribution in [0, 0.1) is 29.2 Å². The van der Waals surface area contributed by atoms with Gasteiger partial charge in [0.1, 0.15) is 5.56 Å². The van der Waals surface area contributed by atoms with Crippen molar-refractivity contribution in [1.82, 2.24) is 5.32 Å². The summed E-state index contributed by atoms with van der Waals surface area (Å²) in [6.45, 7) is 0.0947. The summed E-state index contributed by atoms with van der Waals surface area (Å²) in [5.41, 5.74) is 4.37. The quantitative estimate of drug-likeness (QED) is 0.662. The lowest BCUT2D eigenvalue weighted by Gasteiger charge is -2.30. The fourth-order valence-electron chi connectivity index (χ4n) is 2.92. The second-order valence-electron chi connectivity index (χ2n) is 5.56. The third-order valence-electron chi connectivity index (χ3n) is 4.13. The number of benzene rings is 1. The second-order valence-corrected chi connectivity index (χ2v) is 5.56. The first kappa shape index (κ1) is 16.7. The number of rotatable bonds is 4. The van der Waals surface area contributed by atoms with Crippen LogP contribution in [-0.4, -0.2) is 18.5 Å². The fraction of sp³-hybridized carbons (Fsp3) is 0.533. The Balaban J connectivity index is 2.20. The van der Waals surface area contributed by atoms with Gasteiger partial charge in [0.15, 0.2) is 23.3 Å². The number of nitrogens with two attached hydrogens (primary N) is 1. The molecule has 1 unspecified atom stereocenters. The van der Waals surface area contributed by atoms with Gasteiger partial charge in [-0.05, 0) is 18.8 Å². The molecule has 3 N–H and O–H groups in total. The van der Waals surface area contributed by atoms with Crippen LogP contribution in [0.15, 0.2) is 6.07 Å². The van der Waals surface area contributed by atoms with Crippen LogP contribution in [0.25, 0.3) is 0 Å². The first-order valence-corrected chi connectivity index (χ1v) is 7.29. The lowest BCUT2D eigenvalue weighted by atomic mass is 9.84. The Morgan fingerprint density at radius 1 is 1.14 bits per heavy atom. The van der Waals surface area contributed by atoms with Gasteiger partial charge < -0.3 is 11.1 Å². The van der Waals surface area contributed by atoms with Crippen molar-refractivity contribution in [2.75, 3.05) is 6.54 Å². The zero-order valence-electron chi connectivity index (χ0n) is 12.0. The normalized spacial score (nSPS) is 17.3. The van der Waals surface area contributed by atoms with Crippen LogP contribution in [0.1, 0.15) is 42.5 Å². The van der Waals surface area contributed by atoms with Crippen molar-refractivity contribution in [1.29, 1.82) is 0 Å². The topological polar surface area (TPSA) is 55.1 Å². The van der Waals surface area contributed by atoms with Gasteiger partial charge in [-0.2, -0.15) is 0 Å². The molecular formula is C15H18F4N2O. The van der Waals surface area contributed by atoms with E-state index in [1.807, 2.05) is 0 Å². The number of carbonyl (C=O) groups excluding carboxylic acids is 1. The largest absolute Gasteiger partial charge is 0.348 e. The molecule has 122 valence electrons. The molecule has 0 radical (unpaired) electrons. The van der Waals surface area contributed by atoms with Gasteiger partial charge >= 0.3 is 0 Å². The van der Waals surface area contributed by atoms with E-state index >= 15 is 0 Å². The summed E-state index contributed by atoms with van der Waals surface area (Å²) in [6, 6.07) is -0.402. The van der Waals surface area contributed by atoms with E-state index in [1.54, 1.807) is 0 Å². The van der Waals surface area contributed by atoms with Gasteiger partial charge in [0.2, 0.25) is 0 Å². The summed E-state index contributed by atoms with van der Waals surface area (Å²) >= 11 is 0. The van der Waals surface area contributed by atoms with Gasteiger partial charge in [0.05, 0.1) is 0 Å². The zero-order chi connectivity index (χ0) is 16.3. The molecule has 1 saturated carbocycles. The van der Waals surface area contributed by atoms with E-state index in [0.29, 0.717) is 0 Å². The first-order valence-electron chi connectivity index (χ1n) is 7.29. The molecule has 1 aromatic carbocycles. The van der Waals surface area contributed by atoms with E-state index in [1.165, 1.54) is 0 Å². The monoisotopic (exact) mass is 318 g/mol. The average molecular weight is 318 g/mol. The molecule has 1 amide bonds. The standard InChI is InChI=1S/C15H18F4N2O/c16-9-6-10(17)14(19)12(13(9)18)15(22)21-11(7-20)8-4-2-1-3-5-8/h6,8,11H,1-5,7,20H2,(H,21,22). The summed E-state index contributed by atoms with van der Waals surface area (Å²) < 4.78 is 53.6. The van der Waals surface area contributed by atoms with Gasteiger partial charge in [-0.25, -0.2) is 17.6 Å². The molecule has 0 saturated heterocycles. The number of nitrogens with one attached hydrogen (secondary N) is 1. The highest BCUT2D eigenvalue weighted by Crippen LogP contribution is 2.27. The minimum atomic E-state index is -1.70. The van der Waals surface area contributed by atoms with Crippen LogP contribution in [-0.2, 0) is 0 Å². The van der Waals surface area contributed by atoms with Crippen LogP contribution in [0.5, 0.6) is 0 Å². The maximum absolute atomic E-state index is 13.6. The summed E-state index contributed by atoms with van der Waals surface area (Å²) in [5.74, 6) is -7.69. The highest BCUT2D eigenvalue weighted by molar-refractivity contribution is 5.95. The highest BCUT2D eigenvalue weighted by Gasteiger charge is 2.29. The number of carbonyl (C=O) groups is 1. The van der Waals surface area contributed by atoms with Gasteiger partial charge in [0.25, 0.3) is 5.91 Å². The molecule has 1 fully saturated rings. The maximum Gasteiger partial charge on any atom is 0.257 e. The molecule has 0 aliphatic heterocycles. The van der Waals surface area contributed by atoms with Crippen LogP contribution in [0.2, 0.25) is 0 Å². The van der Waals surface area contributed by atoms with E-state index in [0.717, 1.165) is 32.1 Å². The maximum atomic E-state index is 13.6. The van der Waals surface area contributed by atoms with Crippen molar-refractivity contribution in [3.63, 3.8) is 0 Å². The summed E-state index contributed by atoms with van der Waals surface area (Å²) in [5, 5.41) is 2.41. The average Bonchev–Trinajstić information content (AvgIpc) is 2.52. The van der Waals surface area contributed by atoms with Crippen molar-refractivity contribution in [3.8, 4) is 0 Å². The fourth-order valence-corrected chi connectivity index (χ4v) is 2.92. The van der Waals surface area contributed by atoms with Crippen LogP contribution >= 0.6 is 0 Å². The van der Waals surface area contributed by atoms with E-state index in [-0.39, 0.29) is 18.5 Å². The molecule has 1 aliphatic carbocycles. The predicted molar refractivity (Wildman–Crippen MR) is 73.2 cm³/mol. The lowest BCUT2D eigenvalue weighted by Crippen LogP contribution is -2.46. The third kappa shape index (κ3) is 3.40. The third-order valence-corrected chi connectivity index (χ3v) is 4.13. The van der Waals surface area contributed by atoms with Crippen molar-refractivity contribution < 1.29 is 22.4 Å². The molecule has 0 aromatic heterocycles. The Morgan fingerprint density at radius 2 is 1.68 bits per heavy atom.